The van der Waals surface area contributed by atoms with E-state index in [0.29, 0.717) is 5.95 Å². The highest BCUT2D eigenvalue weighted by Crippen LogP contribution is 2.12. The molecule has 0 unspecified atom stereocenters. The first-order valence-corrected chi connectivity index (χ1v) is 6.35. The number of benzene rings is 1. The summed E-state index contributed by atoms with van der Waals surface area (Å²) in [6.07, 6.45) is 0. The van der Waals surface area contributed by atoms with Gasteiger partial charge in [0.05, 0.1) is 12.8 Å². The molecular weight excluding hydrogens is 252 g/mol. The van der Waals surface area contributed by atoms with Crippen molar-refractivity contribution in [2.75, 3.05) is 12.5 Å². The summed E-state index contributed by atoms with van der Waals surface area (Å²) in [5, 5.41) is 4.30. The molecule has 0 radical (unpaired) electrons. The van der Waals surface area contributed by atoms with E-state index in [0.717, 1.165) is 28.4 Å². The minimum Gasteiger partial charge on any atom is -0.497 e. The van der Waals surface area contributed by atoms with Crippen molar-refractivity contribution < 1.29 is 4.74 Å². The van der Waals surface area contributed by atoms with Crippen LogP contribution in [-0.4, -0.2) is 22.8 Å². The second-order valence-corrected chi connectivity index (χ2v) is 4.51. The number of hydrogen-bond donors (Lipinski definition) is 1. The summed E-state index contributed by atoms with van der Waals surface area (Å²) in [6, 6.07) is 9.65. The quantitative estimate of drug-likeness (QED) is 0.685. The summed E-state index contributed by atoms with van der Waals surface area (Å²) < 4.78 is 5.13. The molecule has 2 aromatic rings. The van der Waals surface area contributed by atoms with Crippen molar-refractivity contribution in [2.45, 2.75) is 20.8 Å². The molecule has 1 N–H and O–H groups in total. The predicted octanol–water partition coefficient (Wildman–Crippen LogP) is 2.94. The minimum absolute atomic E-state index is 0.510. The maximum absolute atomic E-state index is 5.13. The highest BCUT2D eigenvalue weighted by Gasteiger charge is 2.00. The number of nitrogens with zero attached hydrogens (tertiary/aromatic N) is 3. The van der Waals surface area contributed by atoms with Gasteiger partial charge < -0.3 is 4.74 Å². The Balaban J connectivity index is 2.13. The lowest BCUT2D eigenvalue weighted by Crippen LogP contribution is -2.03. The third kappa shape index (κ3) is 3.54. The zero-order valence-corrected chi connectivity index (χ0v) is 12.1. The van der Waals surface area contributed by atoms with Crippen LogP contribution in [0, 0.1) is 13.8 Å². The first-order valence-electron chi connectivity index (χ1n) is 6.35. The summed E-state index contributed by atoms with van der Waals surface area (Å²) in [6.45, 7) is 5.79. The largest absolute Gasteiger partial charge is 0.497 e. The van der Waals surface area contributed by atoms with Crippen LogP contribution in [0.5, 0.6) is 5.75 Å². The van der Waals surface area contributed by atoms with Crippen LogP contribution in [0.4, 0.5) is 5.95 Å². The van der Waals surface area contributed by atoms with Crippen molar-refractivity contribution in [3.8, 4) is 5.75 Å². The molecule has 0 aliphatic rings. The van der Waals surface area contributed by atoms with Crippen molar-refractivity contribution in [1.82, 2.24) is 9.97 Å². The summed E-state index contributed by atoms with van der Waals surface area (Å²) in [4.78, 5) is 8.56. The third-order valence-corrected chi connectivity index (χ3v) is 2.81. The van der Waals surface area contributed by atoms with E-state index in [2.05, 4.69) is 20.5 Å². The Hall–Kier alpha value is -2.43. The van der Waals surface area contributed by atoms with Gasteiger partial charge in [0.2, 0.25) is 5.95 Å². The molecular formula is C15H18N4O. The molecule has 5 heteroatoms. The molecule has 0 fully saturated rings. The van der Waals surface area contributed by atoms with E-state index in [1.165, 1.54) is 0 Å². The number of hydrazone groups is 1. The number of hydrogen-bond acceptors (Lipinski definition) is 5. The number of ether oxygens (including phenoxy) is 1. The fourth-order valence-electron chi connectivity index (χ4n) is 1.81. The van der Waals surface area contributed by atoms with Crippen LogP contribution in [0.1, 0.15) is 23.9 Å². The lowest BCUT2D eigenvalue weighted by molar-refractivity contribution is 0.415. The molecule has 1 heterocycles. The van der Waals surface area contributed by atoms with Crippen LogP contribution in [-0.2, 0) is 0 Å². The molecule has 0 spiro atoms. The second-order valence-electron chi connectivity index (χ2n) is 4.51. The fourth-order valence-corrected chi connectivity index (χ4v) is 1.81. The van der Waals surface area contributed by atoms with Gasteiger partial charge in [-0.25, -0.2) is 15.4 Å². The van der Waals surface area contributed by atoms with Crippen molar-refractivity contribution in [3.63, 3.8) is 0 Å². The van der Waals surface area contributed by atoms with Crippen LogP contribution in [0.3, 0.4) is 0 Å². The first kappa shape index (κ1) is 14.0. The second kappa shape index (κ2) is 6.14. The van der Waals surface area contributed by atoms with E-state index in [4.69, 9.17) is 4.74 Å². The molecule has 1 aromatic heterocycles. The van der Waals surface area contributed by atoms with E-state index >= 15 is 0 Å². The summed E-state index contributed by atoms with van der Waals surface area (Å²) in [5.41, 5.74) is 6.59. The van der Waals surface area contributed by atoms with Gasteiger partial charge in [-0.2, -0.15) is 5.10 Å². The maximum atomic E-state index is 5.13. The average Bonchev–Trinajstić information content (AvgIpc) is 2.44. The molecule has 0 aliphatic heterocycles. The van der Waals surface area contributed by atoms with Crippen LogP contribution < -0.4 is 10.2 Å². The zero-order valence-electron chi connectivity index (χ0n) is 12.1. The smallest absolute Gasteiger partial charge is 0.243 e. The fraction of sp³-hybridized carbons (Fsp3) is 0.267. The summed E-state index contributed by atoms with van der Waals surface area (Å²) in [5.74, 6) is 1.34. The third-order valence-electron chi connectivity index (χ3n) is 2.81. The van der Waals surface area contributed by atoms with Crippen LogP contribution >= 0.6 is 0 Å². The number of anilines is 1. The monoisotopic (exact) mass is 270 g/mol. The van der Waals surface area contributed by atoms with Gasteiger partial charge in [0.1, 0.15) is 5.75 Å². The molecule has 0 bridgehead atoms. The molecule has 0 saturated carbocycles. The Bertz CT molecular complexity index is 600. The van der Waals surface area contributed by atoms with Gasteiger partial charge in [0.25, 0.3) is 0 Å². The lowest BCUT2D eigenvalue weighted by atomic mass is 10.1. The predicted molar refractivity (Wildman–Crippen MR) is 80.3 cm³/mol. The number of nitrogens with one attached hydrogen (secondary N) is 1. The topological polar surface area (TPSA) is 59.4 Å². The van der Waals surface area contributed by atoms with Gasteiger partial charge in [-0.15, -0.1) is 0 Å². The molecule has 5 nitrogen and oxygen atoms in total. The highest BCUT2D eigenvalue weighted by molar-refractivity contribution is 5.99. The normalized spacial score (nSPS) is 11.3. The molecule has 0 saturated heterocycles. The van der Waals surface area contributed by atoms with Gasteiger partial charge in [-0.1, -0.05) is 0 Å². The Morgan fingerprint density at radius 1 is 1.10 bits per heavy atom. The van der Waals surface area contributed by atoms with Gasteiger partial charge in [-0.05, 0) is 56.7 Å². The van der Waals surface area contributed by atoms with E-state index < -0.39 is 0 Å². The van der Waals surface area contributed by atoms with Crippen molar-refractivity contribution in [3.05, 3.63) is 47.3 Å². The van der Waals surface area contributed by atoms with E-state index in [-0.39, 0.29) is 0 Å². The molecule has 1 aromatic carbocycles. The van der Waals surface area contributed by atoms with Crippen molar-refractivity contribution in [1.29, 1.82) is 0 Å². The number of aromatic nitrogens is 2. The highest BCUT2D eigenvalue weighted by atomic mass is 16.5. The summed E-state index contributed by atoms with van der Waals surface area (Å²) >= 11 is 0. The van der Waals surface area contributed by atoms with Crippen LogP contribution in [0.15, 0.2) is 35.4 Å². The van der Waals surface area contributed by atoms with Gasteiger partial charge in [-0.3, -0.25) is 0 Å². The Kier molecular flexibility index (Phi) is 4.30. The molecule has 104 valence electrons. The minimum atomic E-state index is 0.510. The van der Waals surface area contributed by atoms with Gasteiger partial charge in [0, 0.05) is 11.4 Å². The van der Waals surface area contributed by atoms with E-state index in [1.54, 1.807) is 7.11 Å². The Morgan fingerprint density at radius 3 is 2.25 bits per heavy atom. The zero-order chi connectivity index (χ0) is 14.5. The van der Waals surface area contributed by atoms with Crippen molar-refractivity contribution in [2.24, 2.45) is 5.10 Å². The average molecular weight is 270 g/mol. The van der Waals surface area contributed by atoms with Crippen molar-refractivity contribution >= 4 is 11.7 Å². The van der Waals surface area contributed by atoms with Crippen LogP contribution in [0.2, 0.25) is 0 Å². The van der Waals surface area contributed by atoms with E-state index in [9.17, 15) is 0 Å². The summed E-state index contributed by atoms with van der Waals surface area (Å²) in [7, 11) is 1.65. The molecule has 0 amide bonds. The number of methoxy groups -OCH3 is 1. The first-order chi connectivity index (χ1) is 9.58. The SMILES string of the molecule is COc1ccc(C(C)=NNc2nc(C)cc(C)n2)cc1. The lowest BCUT2D eigenvalue weighted by Gasteiger charge is -2.05. The van der Waals surface area contributed by atoms with Crippen LogP contribution in [0.25, 0.3) is 0 Å². The van der Waals surface area contributed by atoms with Gasteiger partial charge in [0.15, 0.2) is 0 Å². The van der Waals surface area contributed by atoms with Gasteiger partial charge >= 0.3 is 0 Å². The molecule has 2 rings (SSSR count). The molecule has 0 atom stereocenters. The number of rotatable bonds is 4. The Morgan fingerprint density at radius 2 is 1.70 bits per heavy atom. The molecule has 20 heavy (non-hydrogen) atoms. The molecule has 0 aliphatic carbocycles. The number of aryl methyl sites for hydroxylation is 2. The Labute approximate surface area is 118 Å². The maximum Gasteiger partial charge on any atom is 0.243 e. The van der Waals surface area contributed by atoms with E-state index in [1.807, 2.05) is 51.1 Å². The standard InChI is InChI=1S/C15H18N4O/c1-10-9-11(2)17-15(16-10)19-18-12(3)13-5-7-14(20-4)8-6-13/h5-9H,1-4H3,(H,16,17,19).